The van der Waals surface area contributed by atoms with E-state index in [9.17, 15) is 9.59 Å². The zero-order chi connectivity index (χ0) is 18.7. The number of H-pyrrole nitrogens is 1. The SMILES string of the molecule is Cc1cc(C)c(CC(=O)N2CCCN(C(=O)c3cc[nH]c3)CC2)cc1C. The number of amides is 2. The first-order chi connectivity index (χ1) is 12.5. The van der Waals surface area contributed by atoms with Crippen molar-refractivity contribution >= 4 is 11.8 Å². The zero-order valence-electron chi connectivity index (χ0n) is 15.8. The lowest BCUT2D eigenvalue weighted by atomic mass is 9.98. The summed E-state index contributed by atoms with van der Waals surface area (Å²) in [6.45, 7) is 8.82. The van der Waals surface area contributed by atoms with Crippen LogP contribution in [0.1, 0.15) is 39.0 Å². The largest absolute Gasteiger partial charge is 0.367 e. The molecule has 1 aliphatic heterocycles. The van der Waals surface area contributed by atoms with Crippen LogP contribution in [0.25, 0.3) is 0 Å². The molecule has 3 rings (SSSR count). The summed E-state index contributed by atoms with van der Waals surface area (Å²) in [7, 11) is 0. The zero-order valence-corrected chi connectivity index (χ0v) is 15.8. The maximum absolute atomic E-state index is 12.8. The van der Waals surface area contributed by atoms with E-state index in [2.05, 4.69) is 37.9 Å². The van der Waals surface area contributed by atoms with E-state index in [0.29, 0.717) is 38.2 Å². The van der Waals surface area contributed by atoms with E-state index in [1.807, 2.05) is 9.80 Å². The van der Waals surface area contributed by atoms with Crippen molar-refractivity contribution in [2.45, 2.75) is 33.6 Å². The third kappa shape index (κ3) is 3.98. The number of aromatic amines is 1. The normalized spacial score (nSPS) is 15.0. The van der Waals surface area contributed by atoms with Crippen molar-refractivity contribution in [3.05, 3.63) is 58.4 Å². The third-order valence-electron chi connectivity index (χ3n) is 5.27. The molecule has 0 unspecified atom stereocenters. The standard InChI is InChI=1S/C21H27N3O2/c1-15-11-17(3)19(12-16(15)2)13-20(25)23-7-4-8-24(10-9-23)21(26)18-5-6-22-14-18/h5-6,11-12,14,22H,4,7-10,13H2,1-3H3. The van der Waals surface area contributed by atoms with Crippen LogP contribution in [0.3, 0.4) is 0 Å². The fourth-order valence-corrected chi connectivity index (χ4v) is 3.49. The highest BCUT2D eigenvalue weighted by Crippen LogP contribution is 2.17. The van der Waals surface area contributed by atoms with Crippen molar-refractivity contribution in [1.82, 2.24) is 14.8 Å². The van der Waals surface area contributed by atoms with Crippen molar-refractivity contribution in [3.8, 4) is 0 Å². The first kappa shape index (κ1) is 18.2. The molecule has 0 saturated carbocycles. The van der Waals surface area contributed by atoms with E-state index in [4.69, 9.17) is 0 Å². The maximum atomic E-state index is 12.8. The molecule has 1 saturated heterocycles. The van der Waals surface area contributed by atoms with Gasteiger partial charge in [-0.3, -0.25) is 9.59 Å². The topological polar surface area (TPSA) is 56.4 Å². The molecule has 0 bridgehead atoms. The molecule has 2 heterocycles. The second kappa shape index (κ2) is 7.77. The molecule has 2 aromatic rings. The summed E-state index contributed by atoms with van der Waals surface area (Å²) in [5, 5.41) is 0. The Hall–Kier alpha value is -2.56. The van der Waals surface area contributed by atoms with Gasteiger partial charge in [0.15, 0.2) is 0 Å². The summed E-state index contributed by atoms with van der Waals surface area (Å²) in [6.07, 6.45) is 4.72. The highest BCUT2D eigenvalue weighted by Gasteiger charge is 2.23. The van der Waals surface area contributed by atoms with E-state index >= 15 is 0 Å². The summed E-state index contributed by atoms with van der Waals surface area (Å²) >= 11 is 0. The van der Waals surface area contributed by atoms with Crippen LogP contribution in [-0.4, -0.2) is 52.8 Å². The predicted octanol–water partition coefficient (Wildman–Crippen LogP) is 2.86. The number of aromatic nitrogens is 1. The predicted molar refractivity (Wildman–Crippen MR) is 102 cm³/mol. The Morgan fingerprint density at radius 2 is 1.65 bits per heavy atom. The number of nitrogens with one attached hydrogen (secondary N) is 1. The minimum absolute atomic E-state index is 0.0329. The van der Waals surface area contributed by atoms with Crippen molar-refractivity contribution in [2.75, 3.05) is 26.2 Å². The van der Waals surface area contributed by atoms with E-state index in [-0.39, 0.29) is 11.8 Å². The molecular formula is C21H27N3O2. The average Bonchev–Trinajstić information content (AvgIpc) is 3.03. The number of nitrogens with zero attached hydrogens (tertiary/aromatic N) is 2. The van der Waals surface area contributed by atoms with Gasteiger partial charge in [0, 0.05) is 38.6 Å². The minimum Gasteiger partial charge on any atom is -0.367 e. The van der Waals surface area contributed by atoms with Gasteiger partial charge in [0.25, 0.3) is 5.91 Å². The van der Waals surface area contributed by atoms with Crippen LogP contribution in [0.4, 0.5) is 0 Å². The Bertz CT molecular complexity index is 796. The minimum atomic E-state index is 0.0329. The van der Waals surface area contributed by atoms with Crippen LogP contribution >= 0.6 is 0 Å². The van der Waals surface area contributed by atoms with Gasteiger partial charge in [0.2, 0.25) is 5.91 Å². The van der Waals surface area contributed by atoms with Gasteiger partial charge < -0.3 is 14.8 Å². The molecule has 2 amide bonds. The molecule has 0 spiro atoms. The maximum Gasteiger partial charge on any atom is 0.255 e. The monoisotopic (exact) mass is 353 g/mol. The van der Waals surface area contributed by atoms with Crippen LogP contribution < -0.4 is 0 Å². The van der Waals surface area contributed by atoms with E-state index in [1.165, 1.54) is 16.7 Å². The Labute approximate surface area is 155 Å². The molecule has 5 nitrogen and oxygen atoms in total. The van der Waals surface area contributed by atoms with Crippen molar-refractivity contribution in [1.29, 1.82) is 0 Å². The van der Waals surface area contributed by atoms with Crippen LogP contribution in [0.5, 0.6) is 0 Å². The average molecular weight is 353 g/mol. The summed E-state index contributed by atoms with van der Waals surface area (Å²) in [6, 6.07) is 6.07. The molecule has 1 aliphatic rings. The lowest BCUT2D eigenvalue weighted by Crippen LogP contribution is -2.38. The van der Waals surface area contributed by atoms with Crippen molar-refractivity contribution in [3.63, 3.8) is 0 Å². The fraction of sp³-hybridized carbons (Fsp3) is 0.429. The van der Waals surface area contributed by atoms with Gasteiger partial charge in [-0.15, -0.1) is 0 Å². The Balaban J connectivity index is 1.63. The fourth-order valence-electron chi connectivity index (χ4n) is 3.49. The number of aryl methyl sites for hydroxylation is 3. The second-order valence-corrected chi connectivity index (χ2v) is 7.17. The molecular weight excluding hydrogens is 326 g/mol. The Morgan fingerprint density at radius 3 is 2.38 bits per heavy atom. The van der Waals surface area contributed by atoms with Gasteiger partial charge in [-0.1, -0.05) is 12.1 Å². The van der Waals surface area contributed by atoms with Gasteiger partial charge in [0.05, 0.1) is 12.0 Å². The molecule has 0 radical (unpaired) electrons. The van der Waals surface area contributed by atoms with Crippen LogP contribution in [0, 0.1) is 20.8 Å². The molecule has 0 atom stereocenters. The van der Waals surface area contributed by atoms with Gasteiger partial charge in [-0.2, -0.15) is 0 Å². The van der Waals surface area contributed by atoms with Gasteiger partial charge >= 0.3 is 0 Å². The van der Waals surface area contributed by atoms with Crippen LogP contribution in [-0.2, 0) is 11.2 Å². The van der Waals surface area contributed by atoms with Gasteiger partial charge in [-0.05, 0) is 55.5 Å². The van der Waals surface area contributed by atoms with Crippen molar-refractivity contribution < 1.29 is 9.59 Å². The third-order valence-corrected chi connectivity index (χ3v) is 5.27. The van der Waals surface area contributed by atoms with Crippen molar-refractivity contribution in [2.24, 2.45) is 0 Å². The van der Waals surface area contributed by atoms with Crippen LogP contribution in [0.2, 0.25) is 0 Å². The van der Waals surface area contributed by atoms with E-state index < -0.39 is 0 Å². The molecule has 1 fully saturated rings. The first-order valence-corrected chi connectivity index (χ1v) is 9.22. The lowest BCUT2D eigenvalue weighted by molar-refractivity contribution is -0.130. The molecule has 138 valence electrons. The quantitative estimate of drug-likeness (QED) is 0.922. The summed E-state index contributed by atoms with van der Waals surface area (Å²) in [5.41, 5.74) is 5.42. The summed E-state index contributed by atoms with van der Waals surface area (Å²) < 4.78 is 0. The highest BCUT2D eigenvalue weighted by molar-refractivity contribution is 5.94. The summed E-state index contributed by atoms with van der Waals surface area (Å²) in [5.74, 6) is 0.179. The number of benzene rings is 1. The van der Waals surface area contributed by atoms with Gasteiger partial charge in [-0.25, -0.2) is 0 Å². The Kier molecular flexibility index (Phi) is 5.45. The summed E-state index contributed by atoms with van der Waals surface area (Å²) in [4.78, 5) is 32.0. The number of carbonyl (C=O) groups excluding carboxylic acids is 2. The number of rotatable bonds is 3. The second-order valence-electron chi connectivity index (χ2n) is 7.17. The lowest BCUT2D eigenvalue weighted by Gasteiger charge is -2.22. The highest BCUT2D eigenvalue weighted by atomic mass is 16.2. The Morgan fingerprint density at radius 1 is 0.962 bits per heavy atom. The first-order valence-electron chi connectivity index (χ1n) is 9.22. The number of carbonyl (C=O) groups is 2. The molecule has 5 heteroatoms. The molecule has 1 aromatic heterocycles. The number of hydrogen-bond donors (Lipinski definition) is 1. The van der Waals surface area contributed by atoms with E-state index in [1.54, 1.807) is 18.5 Å². The van der Waals surface area contributed by atoms with E-state index in [0.717, 1.165) is 12.0 Å². The van der Waals surface area contributed by atoms with Crippen LogP contribution in [0.15, 0.2) is 30.6 Å². The molecule has 1 N–H and O–H groups in total. The smallest absolute Gasteiger partial charge is 0.255 e. The molecule has 1 aromatic carbocycles. The molecule has 26 heavy (non-hydrogen) atoms. The molecule has 0 aliphatic carbocycles. The van der Waals surface area contributed by atoms with Gasteiger partial charge in [0.1, 0.15) is 0 Å². The number of hydrogen-bond acceptors (Lipinski definition) is 2.